The number of benzene rings is 1. The maximum Gasteiger partial charge on any atom is 0.387 e. The zero-order valence-corrected chi connectivity index (χ0v) is 16.8. The van der Waals surface area contributed by atoms with Gasteiger partial charge in [0, 0.05) is 18.2 Å². The molecule has 0 unspecified atom stereocenters. The molecule has 1 fully saturated rings. The maximum absolute atomic E-state index is 12.2. The molecule has 0 radical (unpaired) electrons. The van der Waals surface area contributed by atoms with Crippen LogP contribution in [0.1, 0.15) is 28.2 Å². The molecule has 0 spiro atoms. The molecule has 1 saturated heterocycles. The Labute approximate surface area is 177 Å². The van der Waals surface area contributed by atoms with Gasteiger partial charge in [0.1, 0.15) is 17.7 Å². The Kier molecular flexibility index (Phi) is 7.31. The molecule has 0 saturated carbocycles. The summed E-state index contributed by atoms with van der Waals surface area (Å²) < 4.78 is 38.7. The van der Waals surface area contributed by atoms with Crippen LogP contribution in [0.2, 0.25) is 0 Å². The number of aryl methyl sites for hydroxylation is 1. The van der Waals surface area contributed by atoms with Gasteiger partial charge in [-0.2, -0.15) is 8.78 Å². The van der Waals surface area contributed by atoms with Crippen LogP contribution in [-0.4, -0.2) is 29.1 Å². The molecule has 1 N–H and O–H groups in total. The Morgan fingerprint density at radius 2 is 2.00 bits per heavy atom. The van der Waals surface area contributed by atoms with Gasteiger partial charge in [0.25, 0.3) is 5.91 Å². The summed E-state index contributed by atoms with van der Waals surface area (Å²) in [4.78, 5) is 20.5. The van der Waals surface area contributed by atoms with Crippen molar-refractivity contribution in [3.8, 4) is 17.2 Å². The van der Waals surface area contributed by atoms with Crippen molar-refractivity contribution in [2.24, 2.45) is 0 Å². The quantitative estimate of drug-likeness (QED) is 0.621. The predicted molar refractivity (Wildman–Crippen MR) is 108 cm³/mol. The molecule has 1 amide bonds. The van der Waals surface area contributed by atoms with Crippen LogP contribution in [0, 0.1) is 6.92 Å². The molecular weight excluding hydrogens is 408 g/mol. The van der Waals surface area contributed by atoms with E-state index in [0.29, 0.717) is 22.8 Å². The van der Waals surface area contributed by atoms with E-state index >= 15 is 0 Å². The van der Waals surface area contributed by atoms with Crippen molar-refractivity contribution in [1.29, 1.82) is 0 Å². The molecule has 4 rings (SSSR count). The molecular formula is C22H21F2N3O4. The lowest BCUT2D eigenvalue weighted by atomic mass is 10.2. The fourth-order valence-corrected chi connectivity index (χ4v) is 2.52. The standard InChI is InChI=1S/C18H15F2N3O3.C4H6O/c1-11-3-2-8-21-15(11)16(24)22-9-13-10-25-17(23-13)12-4-6-14(7-5-12)26-18(19)20;1-4-2-3-5-4/h2-8,10,18H,9H2,1H3,(H,22,24);1-3H2. The van der Waals surface area contributed by atoms with Gasteiger partial charge in [0.05, 0.1) is 24.6 Å². The fourth-order valence-electron chi connectivity index (χ4n) is 2.52. The minimum Gasteiger partial charge on any atom is -0.498 e. The Morgan fingerprint density at radius 1 is 1.29 bits per heavy atom. The number of alkyl halides is 2. The van der Waals surface area contributed by atoms with Gasteiger partial charge in [0.15, 0.2) is 0 Å². The smallest absolute Gasteiger partial charge is 0.387 e. The number of carbonyl (C=O) groups is 1. The molecule has 0 atom stereocenters. The third-order valence-electron chi connectivity index (χ3n) is 4.22. The van der Waals surface area contributed by atoms with Crippen molar-refractivity contribution in [3.05, 3.63) is 78.1 Å². The first-order chi connectivity index (χ1) is 14.9. The highest BCUT2D eigenvalue weighted by molar-refractivity contribution is 5.93. The maximum atomic E-state index is 12.2. The van der Waals surface area contributed by atoms with Crippen LogP contribution in [-0.2, 0) is 11.3 Å². The van der Waals surface area contributed by atoms with Crippen molar-refractivity contribution >= 4 is 5.91 Å². The van der Waals surface area contributed by atoms with Crippen LogP contribution in [0.15, 0.2) is 65.6 Å². The van der Waals surface area contributed by atoms with Crippen LogP contribution >= 0.6 is 0 Å². The second-order valence-corrected chi connectivity index (χ2v) is 6.54. The van der Waals surface area contributed by atoms with Crippen LogP contribution in [0.25, 0.3) is 11.5 Å². The summed E-state index contributed by atoms with van der Waals surface area (Å²) in [6.45, 7) is 3.53. The van der Waals surface area contributed by atoms with E-state index in [0.717, 1.165) is 24.4 Å². The lowest BCUT2D eigenvalue weighted by Crippen LogP contribution is -2.24. The molecule has 1 aromatic carbocycles. The van der Waals surface area contributed by atoms with Crippen molar-refractivity contribution in [3.63, 3.8) is 0 Å². The van der Waals surface area contributed by atoms with Crippen LogP contribution in [0.3, 0.4) is 0 Å². The van der Waals surface area contributed by atoms with E-state index in [1.54, 1.807) is 37.4 Å². The van der Waals surface area contributed by atoms with Gasteiger partial charge < -0.3 is 19.2 Å². The van der Waals surface area contributed by atoms with Gasteiger partial charge >= 0.3 is 6.61 Å². The highest BCUT2D eigenvalue weighted by Crippen LogP contribution is 2.23. The van der Waals surface area contributed by atoms with Gasteiger partial charge in [-0.25, -0.2) is 4.98 Å². The van der Waals surface area contributed by atoms with E-state index in [4.69, 9.17) is 9.15 Å². The second kappa shape index (κ2) is 10.3. The lowest BCUT2D eigenvalue weighted by molar-refractivity contribution is -0.0498. The molecule has 162 valence electrons. The van der Waals surface area contributed by atoms with E-state index in [-0.39, 0.29) is 18.2 Å². The average molecular weight is 429 g/mol. The number of carbonyl (C=O) groups excluding carboxylic acids is 1. The minimum atomic E-state index is -2.87. The number of halogens is 2. The number of nitrogens with zero attached hydrogens (tertiary/aromatic N) is 2. The zero-order chi connectivity index (χ0) is 22.2. The van der Waals surface area contributed by atoms with Crippen molar-refractivity contribution < 1.29 is 27.5 Å². The van der Waals surface area contributed by atoms with Crippen LogP contribution in [0.4, 0.5) is 8.78 Å². The van der Waals surface area contributed by atoms with Gasteiger partial charge in [-0.05, 0) is 42.8 Å². The summed E-state index contributed by atoms with van der Waals surface area (Å²) in [6.07, 6.45) is 4.04. The Hall–Kier alpha value is -3.75. The van der Waals surface area contributed by atoms with Crippen molar-refractivity contribution in [2.45, 2.75) is 26.5 Å². The largest absolute Gasteiger partial charge is 0.498 e. The third-order valence-corrected chi connectivity index (χ3v) is 4.22. The normalized spacial score (nSPS) is 12.3. The first kappa shape index (κ1) is 21.9. The molecule has 0 aliphatic carbocycles. The molecule has 3 heterocycles. The molecule has 31 heavy (non-hydrogen) atoms. The SMILES string of the molecule is C=C1CCO1.Cc1cccnc1C(=O)NCc1coc(-c2ccc(OC(F)F)cc2)n1. The van der Waals surface area contributed by atoms with Crippen LogP contribution in [0.5, 0.6) is 5.75 Å². The van der Waals surface area contributed by atoms with Gasteiger partial charge in [-0.3, -0.25) is 9.78 Å². The van der Waals surface area contributed by atoms with Crippen molar-refractivity contribution in [2.75, 3.05) is 6.61 Å². The topological polar surface area (TPSA) is 86.5 Å². The van der Waals surface area contributed by atoms with E-state index in [9.17, 15) is 13.6 Å². The molecule has 7 nitrogen and oxygen atoms in total. The number of oxazole rings is 1. The number of aromatic nitrogens is 2. The van der Waals surface area contributed by atoms with E-state index in [1.807, 2.05) is 0 Å². The first-order valence-corrected chi connectivity index (χ1v) is 9.42. The number of hydrogen-bond donors (Lipinski definition) is 1. The zero-order valence-electron chi connectivity index (χ0n) is 16.8. The molecule has 2 aromatic heterocycles. The summed E-state index contributed by atoms with van der Waals surface area (Å²) in [5, 5.41) is 2.72. The third kappa shape index (κ3) is 6.36. The molecule has 0 bridgehead atoms. The molecule has 9 heteroatoms. The van der Waals surface area contributed by atoms with E-state index < -0.39 is 6.61 Å². The number of rotatable bonds is 6. The first-order valence-electron chi connectivity index (χ1n) is 9.42. The van der Waals surface area contributed by atoms with Gasteiger partial charge in [-0.1, -0.05) is 12.6 Å². The fraction of sp³-hybridized carbons (Fsp3) is 0.227. The van der Waals surface area contributed by atoms with Crippen molar-refractivity contribution in [1.82, 2.24) is 15.3 Å². The van der Waals surface area contributed by atoms with Gasteiger partial charge in [-0.15, -0.1) is 0 Å². The Balaban J connectivity index is 0.000000478. The number of hydrogen-bond acceptors (Lipinski definition) is 6. The van der Waals surface area contributed by atoms with Crippen LogP contribution < -0.4 is 10.1 Å². The Bertz CT molecular complexity index is 1030. The number of nitrogens with one attached hydrogen (secondary N) is 1. The lowest BCUT2D eigenvalue weighted by Gasteiger charge is -2.15. The number of pyridine rings is 1. The van der Waals surface area contributed by atoms with E-state index in [2.05, 4.69) is 26.6 Å². The molecule has 1 aliphatic rings. The summed E-state index contributed by atoms with van der Waals surface area (Å²) in [5.41, 5.74) is 2.25. The molecule has 1 aliphatic heterocycles. The highest BCUT2D eigenvalue weighted by atomic mass is 19.3. The summed E-state index contributed by atoms with van der Waals surface area (Å²) in [6, 6.07) is 9.48. The van der Waals surface area contributed by atoms with Gasteiger partial charge in [0.2, 0.25) is 5.89 Å². The predicted octanol–water partition coefficient (Wildman–Crippen LogP) is 4.50. The minimum absolute atomic E-state index is 0.0496. The number of amides is 1. The summed E-state index contributed by atoms with van der Waals surface area (Å²) >= 11 is 0. The monoisotopic (exact) mass is 429 g/mol. The summed E-state index contributed by atoms with van der Waals surface area (Å²) in [7, 11) is 0. The molecule has 3 aromatic rings. The Morgan fingerprint density at radius 3 is 2.58 bits per heavy atom. The summed E-state index contributed by atoms with van der Waals surface area (Å²) in [5.74, 6) is 0.992. The second-order valence-electron chi connectivity index (χ2n) is 6.54. The van der Waals surface area contributed by atoms with E-state index in [1.165, 1.54) is 18.4 Å². The number of ether oxygens (including phenoxy) is 2. The average Bonchev–Trinajstić information content (AvgIpc) is 3.20. The highest BCUT2D eigenvalue weighted by Gasteiger charge is 2.12.